The van der Waals surface area contributed by atoms with Gasteiger partial charge in [0.1, 0.15) is 5.02 Å². The highest BCUT2D eigenvalue weighted by atomic mass is 35.5. The van der Waals surface area contributed by atoms with Crippen molar-refractivity contribution in [2.45, 2.75) is 45.2 Å². The Morgan fingerprint density at radius 2 is 2.03 bits per heavy atom. The molecule has 0 bridgehead atoms. The van der Waals surface area contributed by atoms with E-state index >= 15 is 0 Å². The molecule has 1 aliphatic carbocycles. The average Bonchev–Trinajstić information content (AvgIpc) is 3.06. The molecule has 2 aromatic rings. The molecule has 29 heavy (non-hydrogen) atoms. The van der Waals surface area contributed by atoms with E-state index in [0.29, 0.717) is 23.1 Å². The van der Waals surface area contributed by atoms with Crippen LogP contribution in [0.4, 0.5) is 5.69 Å². The summed E-state index contributed by atoms with van der Waals surface area (Å²) in [5, 5.41) is 3.25. The fraction of sp³-hybridized carbons (Fsp3) is 0.409. The molecule has 0 atom stereocenters. The Balaban J connectivity index is 1.35. The molecule has 0 radical (unpaired) electrons. The van der Waals surface area contributed by atoms with Crippen molar-refractivity contribution in [3.8, 4) is 5.88 Å². The van der Waals surface area contributed by atoms with Gasteiger partial charge in [-0.2, -0.15) is 0 Å². The van der Waals surface area contributed by atoms with Crippen LogP contribution in [0.25, 0.3) is 0 Å². The molecule has 4 rings (SSSR count). The van der Waals surface area contributed by atoms with Gasteiger partial charge in [0.2, 0.25) is 11.8 Å². The van der Waals surface area contributed by atoms with E-state index in [2.05, 4.69) is 23.3 Å². The second-order valence-electron chi connectivity index (χ2n) is 7.74. The van der Waals surface area contributed by atoms with Crippen LogP contribution in [0.15, 0.2) is 30.5 Å². The van der Waals surface area contributed by atoms with Gasteiger partial charge in [-0.05, 0) is 55.9 Å². The minimum Gasteiger partial charge on any atom is -0.480 e. The lowest BCUT2D eigenvalue weighted by Crippen LogP contribution is -2.40. The molecule has 0 spiro atoms. The van der Waals surface area contributed by atoms with Crippen LogP contribution in [0.1, 0.15) is 47.2 Å². The van der Waals surface area contributed by atoms with Crippen LogP contribution in [-0.2, 0) is 11.3 Å². The standard InChI is InChI=1S/C22H24ClN3O3/c1-13-4-3-5-17-18(13)12-26(22(17)28)16-8-6-14(7-9-16)20(27)25-15-10-19(23)21(29-2)24-11-15/h3-5,10-11,14,16H,6-9,12H2,1-2H3,(H,25,27). The number of pyridine rings is 1. The van der Waals surface area contributed by atoms with Crippen LogP contribution < -0.4 is 10.1 Å². The molecule has 1 fully saturated rings. The zero-order chi connectivity index (χ0) is 20.5. The first-order valence-electron chi connectivity index (χ1n) is 9.87. The van der Waals surface area contributed by atoms with Crippen LogP contribution in [0.3, 0.4) is 0 Å². The van der Waals surface area contributed by atoms with Gasteiger partial charge in [-0.3, -0.25) is 9.59 Å². The number of aryl methyl sites for hydroxylation is 1. The number of fused-ring (bicyclic) bond motifs is 1. The van der Waals surface area contributed by atoms with Gasteiger partial charge in [-0.15, -0.1) is 0 Å². The van der Waals surface area contributed by atoms with E-state index in [1.807, 2.05) is 17.0 Å². The van der Waals surface area contributed by atoms with Gasteiger partial charge >= 0.3 is 0 Å². The van der Waals surface area contributed by atoms with E-state index in [0.717, 1.165) is 42.4 Å². The fourth-order valence-corrected chi connectivity index (χ4v) is 4.59. The van der Waals surface area contributed by atoms with Gasteiger partial charge in [0, 0.05) is 24.1 Å². The van der Waals surface area contributed by atoms with Crippen molar-refractivity contribution in [2.75, 3.05) is 12.4 Å². The topological polar surface area (TPSA) is 71.5 Å². The molecule has 1 aromatic carbocycles. The van der Waals surface area contributed by atoms with Gasteiger partial charge in [-0.1, -0.05) is 23.7 Å². The second kappa shape index (κ2) is 8.03. The molecule has 0 saturated heterocycles. The first-order valence-corrected chi connectivity index (χ1v) is 10.3. The maximum atomic E-state index is 12.8. The Morgan fingerprint density at radius 1 is 1.28 bits per heavy atom. The summed E-state index contributed by atoms with van der Waals surface area (Å²) in [5.74, 6) is 0.347. The molecule has 2 aliphatic rings. The summed E-state index contributed by atoms with van der Waals surface area (Å²) in [6, 6.07) is 7.74. The summed E-state index contributed by atoms with van der Waals surface area (Å²) in [6.45, 7) is 2.73. The van der Waals surface area contributed by atoms with Gasteiger partial charge in [0.15, 0.2) is 0 Å². The number of nitrogens with one attached hydrogen (secondary N) is 1. The van der Waals surface area contributed by atoms with E-state index in [4.69, 9.17) is 16.3 Å². The highest BCUT2D eigenvalue weighted by Crippen LogP contribution is 2.34. The zero-order valence-electron chi connectivity index (χ0n) is 16.6. The van der Waals surface area contributed by atoms with Gasteiger partial charge < -0.3 is 15.0 Å². The summed E-state index contributed by atoms with van der Waals surface area (Å²) in [4.78, 5) is 31.5. The van der Waals surface area contributed by atoms with Crippen LogP contribution in [0, 0.1) is 12.8 Å². The van der Waals surface area contributed by atoms with Crippen molar-refractivity contribution in [1.29, 1.82) is 0 Å². The number of rotatable bonds is 4. The van der Waals surface area contributed by atoms with Gasteiger partial charge in [0.05, 0.1) is 19.0 Å². The normalized spacial score (nSPS) is 21.1. The number of carbonyl (C=O) groups is 2. The quantitative estimate of drug-likeness (QED) is 0.815. The third-order valence-corrected chi connectivity index (χ3v) is 6.28. The predicted molar refractivity (Wildman–Crippen MR) is 111 cm³/mol. The number of hydrogen-bond donors (Lipinski definition) is 1. The summed E-state index contributed by atoms with van der Waals surface area (Å²) < 4.78 is 5.03. The predicted octanol–water partition coefficient (Wildman–Crippen LogP) is 4.21. The summed E-state index contributed by atoms with van der Waals surface area (Å²) in [7, 11) is 1.50. The minimum atomic E-state index is -0.0751. The molecular formula is C22H24ClN3O3. The lowest BCUT2D eigenvalue weighted by atomic mass is 9.84. The number of benzene rings is 1. The molecule has 1 saturated carbocycles. The van der Waals surface area contributed by atoms with Crippen LogP contribution in [0.2, 0.25) is 5.02 Å². The molecule has 152 valence electrons. The maximum Gasteiger partial charge on any atom is 0.254 e. The average molecular weight is 414 g/mol. The smallest absolute Gasteiger partial charge is 0.254 e. The Labute approximate surface area is 175 Å². The maximum absolute atomic E-state index is 12.8. The van der Waals surface area contributed by atoms with Crippen molar-refractivity contribution in [3.05, 3.63) is 52.2 Å². The van der Waals surface area contributed by atoms with Crippen molar-refractivity contribution < 1.29 is 14.3 Å². The van der Waals surface area contributed by atoms with Crippen molar-refractivity contribution in [2.24, 2.45) is 5.92 Å². The Bertz CT molecular complexity index is 954. The summed E-state index contributed by atoms with van der Waals surface area (Å²) >= 11 is 6.08. The minimum absolute atomic E-state index is 0.0293. The van der Waals surface area contributed by atoms with Crippen molar-refractivity contribution in [3.63, 3.8) is 0 Å². The third-order valence-electron chi connectivity index (χ3n) is 6.01. The molecular weight excluding hydrogens is 390 g/mol. The highest BCUT2D eigenvalue weighted by molar-refractivity contribution is 6.32. The highest BCUT2D eigenvalue weighted by Gasteiger charge is 2.36. The molecule has 1 N–H and O–H groups in total. The number of aromatic nitrogens is 1. The molecule has 6 nitrogen and oxygen atoms in total. The van der Waals surface area contributed by atoms with E-state index < -0.39 is 0 Å². The van der Waals surface area contributed by atoms with E-state index in [-0.39, 0.29) is 23.8 Å². The van der Waals surface area contributed by atoms with Gasteiger partial charge in [0.25, 0.3) is 5.91 Å². The number of nitrogens with zero attached hydrogens (tertiary/aromatic N) is 2. The van der Waals surface area contributed by atoms with E-state index in [1.54, 1.807) is 6.07 Å². The van der Waals surface area contributed by atoms with E-state index in [9.17, 15) is 9.59 Å². The second-order valence-corrected chi connectivity index (χ2v) is 8.15. The number of amides is 2. The number of methoxy groups -OCH3 is 1. The number of anilines is 1. The monoisotopic (exact) mass is 413 g/mol. The lowest BCUT2D eigenvalue weighted by molar-refractivity contribution is -0.121. The van der Waals surface area contributed by atoms with E-state index in [1.165, 1.54) is 13.3 Å². The molecule has 1 aromatic heterocycles. The first kappa shape index (κ1) is 19.7. The Hall–Kier alpha value is -2.60. The Morgan fingerprint density at radius 3 is 2.69 bits per heavy atom. The zero-order valence-corrected chi connectivity index (χ0v) is 17.3. The number of carbonyl (C=O) groups excluding carboxylic acids is 2. The largest absolute Gasteiger partial charge is 0.480 e. The fourth-order valence-electron chi connectivity index (χ4n) is 4.34. The molecule has 2 amide bonds. The number of halogens is 1. The van der Waals surface area contributed by atoms with Crippen LogP contribution >= 0.6 is 11.6 Å². The third kappa shape index (κ3) is 3.81. The SMILES string of the molecule is COc1ncc(NC(=O)C2CCC(N3Cc4c(C)cccc4C3=O)CC2)cc1Cl. The molecule has 1 aliphatic heterocycles. The number of ether oxygens (including phenoxy) is 1. The lowest BCUT2D eigenvalue weighted by Gasteiger charge is -2.34. The van der Waals surface area contributed by atoms with Gasteiger partial charge in [-0.25, -0.2) is 4.98 Å². The molecule has 7 heteroatoms. The summed E-state index contributed by atoms with van der Waals surface area (Å²) in [5.41, 5.74) is 3.69. The molecule has 0 unspecified atom stereocenters. The Kier molecular flexibility index (Phi) is 5.46. The first-order chi connectivity index (χ1) is 14.0. The summed E-state index contributed by atoms with van der Waals surface area (Å²) in [6.07, 6.45) is 4.72. The van der Waals surface area contributed by atoms with Crippen molar-refractivity contribution in [1.82, 2.24) is 9.88 Å². The van der Waals surface area contributed by atoms with Crippen LogP contribution in [0.5, 0.6) is 5.88 Å². The molecule has 2 heterocycles. The number of hydrogen-bond acceptors (Lipinski definition) is 4. The van der Waals surface area contributed by atoms with Crippen molar-refractivity contribution >= 4 is 29.1 Å². The van der Waals surface area contributed by atoms with Crippen LogP contribution in [-0.4, -0.2) is 34.8 Å².